The highest BCUT2D eigenvalue weighted by Gasteiger charge is 2.41. The van der Waals surface area contributed by atoms with Gasteiger partial charge in [-0.1, -0.05) is 0 Å². The van der Waals surface area contributed by atoms with Crippen LogP contribution in [0.4, 0.5) is 0 Å². The molecule has 18 heavy (non-hydrogen) atoms. The maximum atomic E-state index is 5.72. The van der Waals surface area contributed by atoms with E-state index in [0.717, 1.165) is 0 Å². The molecule has 0 aromatic heterocycles. The van der Waals surface area contributed by atoms with Crippen LogP contribution in [0.25, 0.3) is 0 Å². The van der Waals surface area contributed by atoms with Crippen LogP contribution in [0.15, 0.2) is 0 Å². The second-order valence-corrected chi connectivity index (χ2v) is 5.05. The minimum atomic E-state index is -0.146. The molecule has 6 atom stereocenters. The number of ether oxygens (including phenoxy) is 6. The molecule has 3 rings (SSSR count). The van der Waals surface area contributed by atoms with Crippen molar-refractivity contribution in [3.63, 3.8) is 0 Å². The lowest BCUT2D eigenvalue weighted by atomic mass is 10.4. The molecular formula is C12H20O6. The Hall–Kier alpha value is -0.240. The zero-order valence-electron chi connectivity index (χ0n) is 10.9. The molecule has 3 aliphatic rings. The molecule has 0 aliphatic carbocycles. The van der Waals surface area contributed by atoms with E-state index in [-0.39, 0.29) is 43.3 Å². The van der Waals surface area contributed by atoms with Crippen LogP contribution < -0.4 is 0 Å². The van der Waals surface area contributed by atoms with Gasteiger partial charge in [0, 0.05) is 0 Å². The molecule has 6 heteroatoms. The number of rotatable bonds is 8. The van der Waals surface area contributed by atoms with Crippen LogP contribution in [0.1, 0.15) is 20.8 Å². The molecule has 0 bridgehead atoms. The molecule has 6 unspecified atom stereocenters. The summed E-state index contributed by atoms with van der Waals surface area (Å²) >= 11 is 0. The van der Waals surface area contributed by atoms with E-state index >= 15 is 0 Å². The SMILES string of the molecule is CC1OC1OCC(COC1OC1C)OC1OC1C. The monoisotopic (exact) mass is 260 g/mol. The fraction of sp³-hybridized carbons (Fsp3) is 1.00. The zero-order valence-corrected chi connectivity index (χ0v) is 10.9. The molecule has 3 fully saturated rings. The van der Waals surface area contributed by atoms with E-state index in [1.807, 2.05) is 20.8 Å². The van der Waals surface area contributed by atoms with Gasteiger partial charge in [0.2, 0.25) is 0 Å². The van der Waals surface area contributed by atoms with Crippen molar-refractivity contribution in [1.82, 2.24) is 0 Å². The minimum absolute atomic E-state index is 0.0928. The largest absolute Gasteiger partial charge is 0.347 e. The zero-order chi connectivity index (χ0) is 12.7. The Morgan fingerprint density at radius 1 is 0.778 bits per heavy atom. The Labute approximate surface area is 106 Å². The van der Waals surface area contributed by atoms with E-state index < -0.39 is 0 Å². The standard InChI is InChI=1S/C12H20O6/c1-6-10(15-6)13-4-9(18-12-8(3)17-12)5-14-11-7(2)16-11/h6-12H,4-5H2,1-3H3. The van der Waals surface area contributed by atoms with Gasteiger partial charge >= 0.3 is 0 Å². The smallest absolute Gasteiger partial charge is 0.184 e. The minimum Gasteiger partial charge on any atom is -0.347 e. The first-order valence-corrected chi connectivity index (χ1v) is 6.48. The van der Waals surface area contributed by atoms with Crippen LogP contribution in [-0.4, -0.2) is 56.5 Å². The van der Waals surface area contributed by atoms with Gasteiger partial charge in [0.1, 0.15) is 24.4 Å². The van der Waals surface area contributed by atoms with Crippen molar-refractivity contribution in [3.05, 3.63) is 0 Å². The lowest BCUT2D eigenvalue weighted by Crippen LogP contribution is -2.29. The fourth-order valence-corrected chi connectivity index (χ4v) is 1.71. The molecule has 104 valence electrons. The molecule has 0 saturated carbocycles. The van der Waals surface area contributed by atoms with E-state index in [4.69, 9.17) is 28.4 Å². The van der Waals surface area contributed by atoms with Gasteiger partial charge in [-0.25, -0.2) is 0 Å². The van der Waals surface area contributed by atoms with Gasteiger partial charge < -0.3 is 28.4 Å². The first-order chi connectivity index (χ1) is 8.63. The fourth-order valence-electron chi connectivity index (χ4n) is 1.71. The van der Waals surface area contributed by atoms with Crippen molar-refractivity contribution >= 4 is 0 Å². The predicted molar refractivity (Wildman–Crippen MR) is 59.8 cm³/mol. The Bertz CT molecular complexity index is 278. The van der Waals surface area contributed by atoms with Crippen LogP contribution in [0, 0.1) is 0 Å². The molecule has 3 aliphatic heterocycles. The van der Waals surface area contributed by atoms with Crippen LogP contribution in [0.5, 0.6) is 0 Å². The summed E-state index contributed by atoms with van der Waals surface area (Å²) in [5.74, 6) is 0. The summed E-state index contributed by atoms with van der Waals surface area (Å²) in [6.45, 7) is 6.82. The van der Waals surface area contributed by atoms with Crippen molar-refractivity contribution in [3.8, 4) is 0 Å². The van der Waals surface area contributed by atoms with Gasteiger partial charge in [-0.3, -0.25) is 0 Å². The van der Waals surface area contributed by atoms with Gasteiger partial charge in [0.05, 0.1) is 13.2 Å². The number of hydrogen-bond donors (Lipinski definition) is 0. The first kappa shape index (κ1) is 12.8. The van der Waals surface area contributed by atoms with E-state index in [2.05, 4.69) is 0 Å². The third-order valence-electron chi connectivity index (χ3n) is 3.19. The van der Waals surface area contributed by atoms with Crippen LogP contribution >= 0.6 is 0 Å². The lowest BCUT2D eigenvalue weighted by molar-refractivity contribution is -0.111. The maximum absolute atomic E-state index is 5.72. The van der Waals surface area contributed by atoms with E-state index in [9.17, 15) is 0 Å². The number of epoxide rings is 3. The topological polar surface area (TPSA) is 65.3 Å². The highest BCUT2D eigenvalue weighted by Crippen LogP contribution is 2.27. The van der Waals surface area contributed by atoms with Crippen molar-refractivity contribution in [2.24, 2.45) is 0 Å². The third kappa shape index (κ3) is 3.40. The molecule has 6 nitrogen and oxygen atoms in total. The first-order valence-electron chi connectivity index (χ1n) is 6.48. The summed E-state index contributed by atoms with van der Waals surface area (Å²) in [5.41, 5.74) is 0. The molecular weight excluding hydrogens is 240 g/mol. The summed E-state index contributed by atoms with van der Waals surface area (Å²) < 4.78 is 32.4. The second kappa shape index (κ2) is 5.03. The molecule has 3 saturated heterocycles. The van der Waals surface area contributed by atoms with E-state index in [1.54, 1.807) is 0 Å². The normalized spacial score (nSPS) is 46.8. The summed E-state index contributed by atoms with van der Waals surface area (Å²) in [4.78, 5) is 0. The predicted octanol–water partition coefficient (Wildman–Crippen LogP) is 0.639. The Morgan fingerprint density at radius 2 is 1.17 bits per heavy atom. The van der Waals surface area contributed by atoms with Gasteiger partial charge in [0.15, 0.2) is 18.9 Å². The van der Waals surface area contributed by atoms with E-state index in [1.165, 1.54) is 0 Å². The Kier molecular flexibility index (Phi) is 3.57. The van der Waals surface area contributed by atoms with Crippen LogP contribution in [0.3, 0.4) is 0 Å². The lowest BCUT2D eigenvalue weighted by Gasteiger charge is -2.16. The molecule has 0 spiro atoms. The van der Waals surface area contributed by atoms with Crippen LogP contribution in [0.2, 0.25) is 0 Å². The average molecular weight is 260 g/mol. The molecule has 0 amide bonds. The van der Waals surface area contributed by atoms with Crippen molar-refractivity contribution in [2.45, 2.75) is 64.1 Å². The van der Waals surface area contributed by atoms with Crippen LogP contribution in [-0.2, 0) is 28.4 Å². The Morgan fingerprint density at radius 3 is 1.50 bits per heavy atom. The third-order valence-corrected chi connectivity index (χ3v) is 3.19. The molecule has 0 aromatic carbocycles. The molecule has 0 aromatic rings. The summed E-state index contributed by atoms with van der Waals surface area (Å²) in [5, 5.41) is 0. The average Bonchev–Trinajstić information content (AvgIpc) is 3.23. The molecule has 3 heterocycles. The molecule has 0 N–H and O–H groups in total. The van der Waals surface area contributed by atoms with Gasteiger partial charge in [-0.2, -0.15) is 0 Å². The highest BCUT2D eigenvalue weighted by atomic mass is 16.8. The highest BCUT2D eigenvalue weighted by molar-refractivity contribution is 4.76. The van der Waals surface area contributed by atoms with Crippen molar-refractivity contribution in [1.29, 1.82) is 0 Å². The maximum Gasteiger partial charge on any atom is 0.184 e. The Balaban J connectivity index is 1.37. The van der Waals surface area contributed by atoms with E-state index in [0.29, 0.717) is 13.2 Å². The summed E-state index contributed by atoms with van der Waals surface area (Å²) in [6, 6.07) is 0. The second-order valence-electron chi connectivity index (χ2n) is 5.05. The van der Waals surface area contributed by atoms with Gasteiger partial charge in [-0.05, 0) is 20.8 Å². The molecule has 0 radical (unpaired) electrons. The quantitative estimate of drug-likeness (QED) is 0.597. The number of hydrogen-bond acceptors (Lipinski definition) is 6. The van der Waals surface area contributed by atoms with Gasteiger partial charge in [0.25, 0.3) is 0 Å². The van der Waals surface area contributed by atoms with Crippen molar-refractivity contribution < 1.29 is 28.4 Å². The summed E-state index contributed by atoms with van der Waals surface area (Å²) in [7, 11) is 0. The van der Waals surface area contributed by atoms with Gasteiger partial charge in [-0.15, -0.1) is 0 Å². The summed E-state index contributed by atoms with van der Waals surface area (Å²) in [6.07, 6.45) is 0.0862. The van der Waals surface area contributed by atoms with Crippen molar-refractivity contribution in [2.75, 3.05) is 13.2 Å².